The number of amides is 1. The molecule has 1 fully saturated rings. The van der Waals surface area contributed by atoms with Gasteiger partial charge in [-0.2, -0.15) is 0 Å². The zero-order chi connectivity index (χ0) is 17.6. The second-order valence-electron chi connectivity index (χ2n) is 6.28. The van der Waals surface area contributed by atoms with E-state index in [1.54, 1.807) is 23.5 Å². The number of ether oxygens (including phenoxy) is 1. The highest BCUT2D eigenvalue weighted by atomic mass is 35.5. The Balaban J connectivity index is 1.53. The fourth-order valence-corrected chi connectivity index (χ4v) is 4.21. The molecule has 0 radical (unpaired) electrons. The maximum absolute atomic E-state index is 12.2. The Kier molecular flexibility index (Phi) is 6.34. The average Bonchev–Trinajstić information content (AvgIpc) is 3.28. The predicted molar refractivity (Wildman–Crippen MR) is 103 cm³/mol. The van der Waals surface area contributed by atoms with Crippen LogP contribution < -0.4 is 10.1 Å². The van der Waals surface area contributed by atoms with E-state index in [0.717, 1.165) is 18.7 Å². The number of carbonyl (C=O) groups excluding carboxylic acids is 1. The highest BCUT2D eigenvalue weighted by Crippen LogP contribution is 2.28. The van der Waals surface area contributed by atoms with E-state index in [2.05, 4.69) is 27.7 Å². The molecule has 2 heterocycles. The molecule has 1 amide bonds. The van der Waals surface area contributed by atoms with Crippen LogP contribution in [0.4, 0.5) is 0 Å². The van der Waals surface area contributed by atoms with Gasteiger partial charge >= 0.3 is 0 Å². The fourth-order valence-electron chi connectivity index (χ4n) is 3.12. The van der Waals surface area contributed by atoms with Gasteiger partial charge in [0, 0.05) is 16.4 Å². The lowest BCUT2D eigenvalue weighted by Crippen LogP contribution is -2.38. The zero-order valence-corrected chi connectivity index (χ0v) is 15.9. The van der Waals surface area contributed by atoms with Gasteiger partial charge in [0.15, 0.2) is 6.61 Å². The Morgan fingerprint density at radius 1 is 1.36 bits per heavy atom. The lowest BCUT2D eigenvalue weighted by Gasteiger charge is -2.26. The Labute approximate surface area is 157 Å². The first-order valence-corrected chi connectivity index (χ1v) is 9.82. The number of carbonyl (C=O) groups is 1. The molecule has 1 aromatic heterocycles. The smallest absolute Gasteiger partial charge is 0.258 e. The Morgan fingerprint density at radius 2 is 2.16 bits per heavy atom. The minimum absolute atomic E-state index is 0.0135. The molecule has 4 nitrogen and oxygen atoms in total. The molecule has 2 aromatic rings. The molecular weight excluding hydrogens is 356 g/mol. The third kappa shape index (κ3) is 4.97. The highest BCUT2D eigenvalue weighted by molar-refractivity contribution is 7.10. The van der Waals surface area contributed by atoms with Crippen molar-refractivity contribution in [3.8, 4) is 5.75 Å². The summed E-state index contributed by atoms with van der Waals surface area (Å²) in [5, 5.41) is 5.78. The van der Waals surface area contributed by atoms with Crippen LogP contribution in [-0.2, 0) is 4.79 Å². The summed E-state index contributed by atoms with van der Waals surface area (Å²) in [7, 11) is 0. The van der Waals surface area contributed by atoms with Crippen LogP contribution >= 0.6 is 22.9 Å². The summed E-state index contributed by atoms with van der Waals surface area (Å²) in [6.45, 7) is 4.74. The minimum atomic E-state index is -0.102. The molecule has 1 aromatic carbocycles. The van der Waals surface area contributed by atoms with Crippen molar-refractivity contribution in [2.24, 2.45) is 0 Å². The van der Waals surface area contributed by atoms with Crippen LogP contribution in [0.2, 0.25) is 5.02 Å². The molecule has 0 saturated carbocycles. The van der Waals surface area contributed by atoms with Crippen molar-refractivity contribution >= 4 is 28.8 Å². The third-order valence-electron chi connectivity index (χ3n) is 4.44. The topological polar surface area (TPSA) is 41.6 Å². The first-order valence-electron chi connectivity index (χ1n) is 8.56. The molecular formula is C19H23ClN2O2S. The maximum Gasteiger partial charge on any atom is 0.258 e. The van der Waals surface area contributed by atoms with Gasteiger partial charge in [-0.05, 0) is 68.1 Å². The van der Waals surface area contributed by atoms with Gasteiger partial charge in [-0.1, -0.05) is 17.7 Å². The molecule has 3 rings (SSSR count). The van der Waals surface area contributed by atoms with E-state index in [1.165, 1.54) is 17.7 Å². The number of hydrogen-bond donors (Lipinski definition) is 1. The van der Waals surface area contributed by atoms with Crippen molar-refractivity contribution in [3.05, 3.63) is 51.2 Å². The molecule has 134 valence electrons. The van der Waals surface area contributed by atoms with E-state index in [9.17, 15) is 4.79 Å². The molecule has 0 bridgehead atoms. The van der Waals surface area contributed by atoms with Crippen molar-refractivity contribution in [1.29, 1.82) is 0 Å². The monoisotopic (exact) mass is 378 g/mol. The van der Waals surface area contributed by atoms with Crippen LogP contribution in [0, 0.1) is 6.92 Å². The lowest BCUT2D eigenvalue weighted by atomic mass is 10.2. The molecule has 6 heteroatoms. The Morgan fingerprint density at radius 3 is 2.84 bits per heavy atom. The predicted octanol–water partition coefficient (Wildman–Crippen LogP) is 4.04. The third-order valence-corrected chi connectivity index (χ3v) is 5.65. The van der Waals surface area contributed by atoms with E-state index < -0.39 is 0 Å². The Bertz CT molecular complexity index is 699. The molecule has 25 heavy (non-hydrogen) atoms. The number of thiophene rings is 1. The largest absolute Gasteiger partial charge is 0.484 e. The fraction of sp³-hybridized carbons (Fsp3) is 0.421. The number of nitrogens with zero attached hydrogens (tertiary/aromatic N) is 1. The van der Waals surface area contributed by atoms with Crippen molar-refractivity contribution in [2.75, 3.05) is 26.2 Å². The minimum Gasteiger partial charge on any atom is -0.484 e. The van der Waals surface area contributed by atoms with Crippen LogP contribution in [0.1, 0.15) is 29.3 Å². The lowest BCUT2D eigenvalue weighted by molar-refractivity contribution is -0.123. The van der Waals surface area contributed by atoms with Gasteiger partial charge < -0.3 is 10.1 Å². The first-order chi connectivity index (χ1) is 12.1. The maximum atomic E-state index is 12.2. The van der Waals surface area contributed by atoms with E-state index in [1.807, 2.05) is 13.0 Å². The van der Waals surface area contributed by atoms with E-state index in [0.29, 0.717) is 17.3 Å². The standard InChI is InChI=1S/C19H23ClN2O2S/c1-14-11-15(20)6-7-17(14)24-13-19(23)21-12-16(18-5-4-10-25-18)22-8-2-3-9-22/h4-7,10-11,16H,2-3,8-9,12-13H2,1H3,(H,21,23)/t16-/m0/s1. The van der Waals surface area contributed by atoms with Crippen LogP contribution in [0.5, 0.6) is 5.75 Å². The molecule has 0 aliphatic carbocycles. The second kappa shape index (κ2) is 8.70. The SMILES string of the molecule is Cc1cc(Cl)ccc1OCC(=O)NC[C@@H](c1cccs1)N1CCCC1. The zero-order valence-electron chi connectivity index (χ0n) is 14.3. The highest BCUT2D eigenvalue weighted by Gasteiger charge is 2.24. The van der Waals surface area contributed by atoms with Crippen molar-refractivity contribution < 1.29 is 9.53 Å². The van der Waals surface area contributed by atoms with Gasteiger partial charge in [-0.25, -0.2) is 0 Å². The molecule has 1 atom stereocenters. The molecule has 1 saturated heterocycles. The number of likely N-dealkylation sites (tertiary alicyclic amines) is 1. The van der Waals surface area contributed by atoms with Crippen LogP contribution in [0.25, 0.3) is 0 Å². The van der Waals surface area contributed by atoms with Gasteiger partial charge in [0.25, 0.3) is 5.91 Å². The Hall–Kier alpha value is -1.56. The second-order valence-corrected chi connectivity index (χ2v) is 7.69. The van der Waals surface area contributed by atoms with Gasteiger partial charge in [-0.15, -0.1) is 11.3 Å². The molecule has 1 aliphatic rings. The molecule has 1 N–H and O–H groups in total. The van der Waals surface area contributed by atoms with Gasteiger partial charge in [0.05, 0.1) is 6.04 Å². The number of halogens is 1. The summed E-state index contributed by atoms with van der Waals surface area (Å²) in [4.78, 5) is 16.0. The molecule has 0 unspecified atom stereocenters. The van der Waals surface area contributed by atoms with E-state index in [4.69, 9.17) is 16.3 Å². The summed E-state index contributed by atoms with van der Waals surface area (Å²) >= 11 is 7.68. The summed E-state index contributed by atoms with van der Waals surface area (Å²) in [5.41, 5.74) is 0.925. The van der Waals surface area contributed by atoms with E-state index >= 15 is 0 Å². The quantitative estimate of drug-likeness (QED) is 0.790. The van der Waals surface area contributed by atoms with Crippen molar-refractivity contribution in [3.63, 3.8) is 0 Å². The van der Waals surface area contributed by atoms with E-state index in [-0.39, 0.29) is 18.6 Å². The summed E-state index contributed by atoms with van der Waals surface area (Å²) in [6.07, 6.45) is 2.46. The molecule has 1 aliphatic heterocycles. The summed E-state index contributed by atoms with van der Waals surface area (Å²) < 4.78 is 5.62. The first kappa shape index (κ1) is 18.2. The summed E-state index contributed by atoms with van der Waals surface area (Å²) in [5.74, 6) is 0.587. The van der Waals surface area contributed by atoms with Gasteiger partial charge in [-0.3, -0.25) is 9.69 Å². The van der Waals surface area contributed by atoms with Crippen molar-refractivity contribution in [2.45, 2.75) is 25.8 Å². The molecule has 0 spiro atoms. The van der Waals surface area contributed by atoms with Gasteiger partial charge in [0.2, 0.25) is 0 Å². The van der Waals surface area contributed by atoms with Crippen LogP contribution in [0.15, 0.2) is 35.7 Å². The average molecular weight is 379 g/mol. The number of aryl methyl sites for hydroxylation is 1. The summed E-state index contributed by atoms with van der Waals surface area (Å²) in [6, 6.07) is 9.86. The van der Waals surface area contributed by atoms with Gasteiger partial charge in [0.1, 0.15) is 5.75 Å². The number of nitrogens with one attached hydrogen (secondary N) is 1. The number of rotatable bonds is 7. The number of benzene rings is 1. The van der Waals surface area contributed by atoms with Crippen LogP contribution in [0.3, 0.4) is 0 Å². The normalized spacial score (nSPS) is 15.9. The number of hydrogen-bond acceptors (Lipinski definition) is 4. The van der Waals surface area contributed by atoms with Crippen molar-refractivity contribution in [1.82, 2.24) is 10.2 Å². The van der Waals surface area contributed by atoms with Crippen LogP contribution in [-0.4, -0.2) is 37.0 Å².